The van der Waals surface area contributed by atoms with E-state index in [9.17, 15) is 18.0 Å². The summed E-state index contributed by atoms with van der Waals surface area (Å²) < 4.78 is 47.6. The zero-order valence-electron chi connectivity index (χ0n) is 16.7. The number of aryl methyl sites for hydroxylation is 1. The standard InChI is InChI=1S/C19H20F3N7O2/c1-10-24-27-19(31-10)18-26-25-14-4-5-28(6-7-29(14)18)15(30)9-12(23)8-11-2-3-13(20)17(22)16(11)21/h2-3,12H,4-9,23H2,1H3/t12-/m1/s1. The summed E-state index contributed by atoms with van der Waals surface area (Å²) in [6.45, 7) is 2.90. The molecule has 2 aromatic heterocycles. The van der Waals surface area contributed by atoms with Crippen molar-refractivity contribution < 1.29 is 22.4 Å². The number of carbonyl (C=O) groups excluding carboxylic acids is 1. The molecular formula is C19H20F3N7O2. The summed E-state index contributed by atoms with van der Waals surface area (Å²) in [6.07, 6.45) is 0.322. The quantitative estimate of drug-likeness (QED) is 0.602. The van der Waals surface area contributed by atoms with Gasteiger partial charge in [0.15, 0.2) is 17.5 Å². The molecule has 0 saturated carbocycles. The van der Waals surface area contributed by atoms with Gasteiger partial charge in [-0.15, -0.1) is 20.4 Å². The Morgan fingerprint density at radius 2 is 1.94 bits per heavy atom. The summed E-state index contributed by atoms with van der Waals surface area (Å²) in [6, 6.07) is 1.23. The van der Waals surface area contributed by atoms with E-state index in [0.717, 1.165) is 12.1 Å². The molecule has 0 unspecified atom stereocenters. The second-order valence-corrected chi connectivity index (χ2v) is 7.35. The number of halogens is 3. The van der Waals surface area contributed by atoms with Gasteiger partial charge in [0.25, 0.3) is 5.89 Å². The molecule has 9 nitrogen and oxygen atoms in total. The molecule has 164 valence electrons. The van der Waals surface area contributed by atoms with Crippen LogP contribution in [0.3, 0.4) is 0 Å². The van der Waals surface area contributed by atoms with Crippen molar-refractivity contribution in [2.75, 3.05) is 13.1 Å². The van der Waals surface area contributed by atoms with Gasteiger partial charge in [0.2, 0.25) is 17.6 Å². The second kappa shape index (κ2) is 8.46. The van der Waals surface area contributed by atoms with Crippen LogP contribution in [-0.2, 0) is 24.2 Å². The fourth-order valence-electron chi connectivity index (χ4n) is 3.55. The lowest BCUT2D eigenvalue weighted by Crippen LogP contribution is -2.38. The SMILES string of the molecule is Cc1nnc(-c2nnc3n2CCN(C(=O)C[C@H](N)Cc2ccc(F)c(F)c2F)CC3)o1. The lowest BCUT2D eigenvalue weighted by Gasteiger charge is -2.22. The first-order valence-electron chi connectivity index (χ1n) is 9.71. The first-order chi connectivity index (χ1) is 14.8. The molecule has 4 rings (SSSR count). The van der Waals surface area contributed by atoms with Crippen LogP contribution in [0.4, 0.5) is 13.2 Å². The van der Waals surface area contributed by atoms with Crippen LogP contribution in [0, 0.1) is 24.4 Å². The fraction of sp³-hybridized carbons (Fsp3) is 0.421. The van der Waals surface area contributed by atoms with Gasteiger partial charge in [-0.2, -0.15) is 0 Å². The van der Waals surface area contributed by atoms with Crippen LogP contribution in [0.15, 0.2) is 16.5 Å². The molecule has 1 atom stereocenters. The summed E-state index contributed by atoms with van der Waals surface area (Å²) in [5.74, 6) is -2.51. The Hall–Kier alpha value is -3.28. The molecule has 0 fully saturated rings. The maximum Gasteiger partial charge on any atom is 0.285 e. The fourth-order valence-corrected chi connectivity index (χ4v) is 3.55. The number of carbonyl (C=O) groups is 1. The van der Waals surface area contributed by atoms with Crippen molar-refractivity contribution in [2.24, 2.45) is 5.73 Å². The third-order valence-corrected chi connectivity index (χ3v) is 5.13. The van der Waals surface area contributed by atoms with Crippen molar-refractivity contribution in [3.05, 3.63) is 46.9 Å². The lowest BCUT2D eigenvalue weighted by atomic mass is 10.0. The molecule has 12 heteroatoms. The van der Waals surface area contributed by atoms with Crippen molar-refractivity contribution >= 4 is 5.91 Å². The average Bonchev–Trinajstić information content (AvgIpc) is 3.28. The maximum atomic E-state index is 13.9. The molecule has 3 aromatic rings. The van der Waals surface area contributed by atoms with Crippen LogP contribution in [0.25, 0.3) is 11.7 Å². The molecule has 0 saturated heterocycles. The average molecular weight is 435 g/mol. The number of rotatable bonds is 5. The molecule has 0 aliphatic carbocycles. The zero-order chi connectivity index (χ0) is 22.1. The van der Waals surface area contributed by atoms with Crippen LogP contribution in [0.1, 0.15) is 23.7 Å². The monoisotopic (exact) mass is 435 g/mol. The van der Waals surface area contributed by atoms with Gasteiger partial charge in [-0.3, -0.25) is 4.79 Å². The lowest BCUT2D eigenvalue weighted by molar-refractivity contribution is -0.131. The molecule has 0 radical (unpaired) electrons. The largest absolute Gasteiger partial charge is 0.418 e. The van der Waals surface area contributed by atoms with Gasteiger partial charge >= 0.3 is 0 Å². The summed E-state index contributed by atoms with van der Waals surface area (Å²) in [5, 5.41) is 16.0. The summed E-state index contributed by atoms with van der Waals surface area (Å²) in [7, 11) is 0. The Balaban J connectivity index is 1.39. The van der Waals surface area contributed by atoms with Crippen LogP contribution in [-0.4, -0.2) is 54.9 Å². The van der Waals surface area contributed by atoms with Crippen molar-refractivity contribution in [1.82, 2.24) is 29.9 Å². The van der Waals surface area contributed by atoms with Crippen LogP contribution in [0.5, 0.6) is 0 Å². The van der Waals surface area contributed by atoms with Crippen LogP contribution >= 0.6 is 0 Å². The van der Waals surface area contributed by atoms with Gasteiger partial charge in [-0.05, 0) is 18.1 Å². The number of hydrogen-bond acceptors (Lipinski definition) is 7. The van der Waals surface area contributed by atoms with E-state index in [1.54, 1.807) is 11.8 Å². The minimum Gasteiger partial charge on any atom is -0.418 e. The second-order valence-electron chi connectivity index (χ2n) is 7.35. The van der Waals surface area contributed by atoms with Gasteiger partial charge in [0.1, 0.15) is 5.82 Å². The predicted molar refractivity (Wildman–Crippen MR) is 101 cm³/mol. The topological polar surface area (TPSA) is 116 Å². The van der Waals surface area contributed by atoms with E-state index in [2.05, 4.69) is 20.4 Å². The molecule has 1 aliphatic rings. The Kier molecular flexibility index (Phi) is 5.72. The Morgan fingerprint density at radius 1 is 1.13 bits per heavy atom. The molecule has 1 amide bonds. The molecule has 31 heavy (non-hydrogen) atoms. The van der Waals surface area contributed by atoms with Crippen molar-refractivity contribution in [1.29, 1.82) is 0 Å². The maximum absolute atomic E-state index is 13.9. The van der Waals surface area contributed by atoms with Gasteiger partial charge in [0.05, 0.1) is 0 Å². The van der Waals surface area contributed by atoms with Crippen LogP contribution in [0.2, 0.25) is 0 Å². The first-order valence-corrected chi connectivity index (χ1v) is 9.71. The summed E-state index contributed by atoms with van der Waals surface area (Å²) in [5.41, 5.74) is 5.92. The van der Waals surface area contributed by atoms with E-state index in [4.69, 9.17) is 10.2 Å². The van der Waals surface area contributed by atoms with Crippen molar-refractivity contribution in [3.8, 4) is 11.7 Å². The Bertz CT molecular complexity index is 1110. The first kappa shape index (κ1) is 21.0. The molecule has 3 heterocycles. The van der Waals surface area contributed by atoms with E-state index in [1.807, 2.05) is 4.57 Å². The number of nitrogens with zero attached hydrogens (tertiary/aromatic N) is 6. The highest BCUT2D eigenvalue weighted by Crippen LogP contribution is 2.20. The highest BCUT2D eigenvalue weighted by atomic mass is 19.2. The van der Waals surface area contributed by atoms with Gasteiger partial charge in [-0.1, -0.05) is 6.07 Å². The number of nitrogens with two attached hydrogens (primary N) is 1. The van der Waals surface area contributed by atoms with Gasteiger partial charge < -0.3 is 19.6 Å². The van der Waals surface area contributed by atoms with Crippen LogP contribution < -0.4 is 5.73 Å². The number of fused-ring (bicyclic) bond motifs is 1. The van der Waals surface area contributed by atoms with E-state index >= 15 is 0 Å². The molecule has 0 bridgehead atoms. The predicted octanol–water partition coefficient (Wildman–Crippen LogP) is 1.40. The van der Waals surface area contributed by atoms with E-state index < -0.39 is 23.5 Å². The molecule has 1 aliphatic heterocycles. The number of benzene rings is 1. The molecule has 0 spiro atoms. The van der Waals surface area contributed by atoms with Crippen molar-refractivity contribution in [3.63, 3.8) is 0 Å². The van der Waals surface area contributed by atoms with E-state index in [-0.39, 0.29) is 30.2 Å². The third kappa shape index (κ3) is 4.29. The molecule has 1 aromatic carbocycles. The number of amides is 1. The Morgan fingerprint density at radius 3 is 2.68 bits per heavy atom. The number of aromatic nitrogens is 5. The smallest absolute Gasteiger partial charge is 0.285 e. The minimum atomic E-state index is -1.54. The normalized spacial score (nSPS) is 14.9. The minimum absolute atomic E-state index is 0.0608. The van der Waals surface area contributed by atoms with Gasteiger partial charge in [-0.25, -0.2) is 13.2 Å². The summed E-state index contributed by atoms with van der Waals surface area (Å²) in [4.78, 5) is 14.4. The van der Waals surface area contributed by atoms with E-state index in [1.165, 1.54) is 0 Å². The molecule has 2 N–H and O–H groups in total. The van der Waals surface area contributed by atoms with Crippen molar-refractivity contribution in [2.45, 2.75) is 38.8 Å². The highest BCUT2D eigenvalue weighted by Gasteiger charge is 2.26. The van der Waals surface area contributed by atoms with E-state index in [0.29, 0.717) is 43.6 Å². The highest BCUT2D eigenvalue weighted by molar-refractivity contribution is 5.77. The summed E-state index contributed by atoms with van der Waals surface area (Å²) >= 11 is 0. The van der Waals surface area contributed by atoms with Gasteiger partial charge in [0, 0.05) is 45.4 Å². The molecular weight excluding hydrogens is 415 g/mol. The number of hydrogen-bond donors (Lipinski definition) is 1. The Labute approximate surface area is 175 Å². The third-order valence-electron chi connectivity index (χ3n) is 5.13. The zero-order valence-corrected chi connectivity index (χ0v) is 16.7.